The first-order valence-electron chi connectivity index (χ1n) is 5.58. The third kappa shape index (κ3) is 4.67. The van der Waals surface area contributed by atoms with Gasteiger partial charge in [-0.2, -0.15) is 13.2 Å². The van der Waals surface area contributed by atoms with Crippen molar-refractivity contribution in [3.8, 4) is 0 Å². The fourth-order valence-electron chi connectivity index (χ4n) is 1.79. The summed E-state index contributed by atoms with van der Waals surface area (Å²) in [7, 11) is 0. The molecule has 2 atom stereocenters. The second-order valence-corrected chi connectivity index (χ2v) is 4.12. The van der Waals surface area contributed by atoms with E-state index in [1.807, 2.05) is 6.92 Å². The van der Waals surface area contributed by atoms with Gasteiger partial charge in [-0.25, -0.2) is 0 Å². The molecule has 2 unspecified atom stereocenters. The Morgan fingerprint density at radius 3 is 2.75 bits per heavy atom. The molecule has 0 spiro atoms. The summed E-state index contributed by atoms with van der Waals surface area (Å²) in [4.78, 5) is 2.14. The number of nitrogens with two attached hydrogens (primary N) is 1. The van der Waals surface area contributed by atoms with E-state index in [1.165, 1.54) is 0 Å². The Morgan fingerprint density at radius 2 is 2.19 bits per heavy atom. The van der Waals surface area contributed by atoms with Crippen molar-refractivity contribution in [2.45, 2.75) is 38.1 Å². The molecule has 0 saturated carbocycles. The molecule has 3 nitrogen and oxygen atoms in total. The second-order valence-electron chi connectivity index (χ2n) is 4.12. The zero-order valence-electron chi connectivity index (χ0n) is 9.46. The Kier molecular flexibility index (Phi) is 5.01. The van der Waals surface area contributed by atoms with E-state index in [-0.39, 0.29) is 12.5 Å². The number of alkyl halides is 3. The summed E-state index contributed by atoms with van der Waals surface area (Å²) in [6, 6.07) is -0.532. The highest BCUT2D eigenvalue weighted by Crippen LogP contribution is 2.23. The van der Waals surface area contributed by atoms with Gasteiger partial charge in [0.25, 0.3) is 0 Å². The van der Waals surface area contributed by atoms with Gasteiger partial charge in [0.15, 0.2) is 0 Å². The second kappa shape index (κ2) is 5.84. The van der Waals surface area contributed by atoms with E-state index >= 15 is 0 Å². The topological polar surface area (TPSA) is 38.5 Å². The van der Waals surface area contributed by atoms with Crippen LogP contribution in [0.15, 0.2) is 0 Å². The number of hydrogen-bond donors (Lipinski definition) is 1. The summed E-state index contributed by atoms with van der Waals surface area (Å²) in [5.74, 6) is 0. The summed E-state index contributed by atoms with van der Waals surface area (Å²) in [6.45, 7) is 4.92. The molecule has 2 N–H and O–H groups in total. The zero-order valence-corrected chi connectivity index (χ0v) is 9.46. The maximum atomic E-state index is 12.0. The van der Waals surface area contributed by atoms with Crippen LogP contribution in [0, 0.1) is 0 Å². The first kappa shape index (κ1) is 13.7. The van der Waals surface area contributed by atoms with E-state index in [0.29, 0.717) is 13.2 Å². The van der Waals surface area contributed by atoms with Crippen LogP contribution in [-0.2, 0) is 4.74 Å². The monoisotopic (exact) mass is 240 g/mol. The lowest BCUT2D eigenvalue weighted by molar-refractivity contribution is -0.139. The Hall–Kier alpha value is -0.330. The Bertz CT molecular complexity index is 211. The van der Waals surface area contributed by atoms with E-state index in [1.54, 1.807) is 0 Å². The fourth-order valence-corrected chi connectivity index (χ4v) is 1.79. The van der Waals surface area contributed by atoms with Crippen LogP contribution < -0.4 is 5.73 Å². The number of likely N-dealkylation sites (N-methyl/N-ethyl adjacent to an activating group) is 1. The van der Waals surface area contributed by atoms with E-state index < -0.39 is 18.6 Å². The van der Waals surface area contributed by atoms with Crippen molar-refractivity contribution in [2.75, 3.05) is 26.2 Å². The highest BCUT2D eigenvalue weighted by Gasteiger charge is 2.31. The molecule has 0 aromatic rings. The summed E-state index contributed by atoms with van der Waals surface area (Å²) in [5.41, 5.74) is 5.72. The molecule has 0 aromatic carbocycles. The standard InChI is InChI=1S/C10H19F3N2O/c1-2-15-5-6-16-9(7-15)8(14)3-4-10(11,12)13/h8-9H,2-7,14H2,1H3. The minimum Gasteiger partial charge on any atom is -0.374 e. The molecule has 0 aromatic heterocycles. The van der Waals surface area contributed by atoms with Gasteiger partial charge < -0.3 is 10.5 Å². The third-order valence-corrected chi connectivity index (χ3v) is 2.86. The van der Waals surface area contributed by atoms with Crippen LogP contribution in [0.2, 0.25) is 0 Å². The quantitative estimate of drug-likeness (QED) is 0.806. The Balaban J connectivity index is 2.32. The highest BCUT2D eigenvalue weighted by atomic mass is 19.4. The molecule has 1 saturated heterocycles. The average Bonchev–Trinajstić information content (AvgIpc) is 2.25. The van der Waals surface area contributed by atoms with Gasteiger partial charge in [-0.15, -0.1) is 0 Å². The number of hydrogen-bond acceptors (Lipinski definition) is 3. The highest BCUT2D eigenvalue weighted by molar-refractivity contribution is 4.80. The van der Waals surface area contributed by atoms with Gasteiger partial charge in [0.2, 0.25) is 0 Å². The van der Waals surface area contributed by atoms with Crippen molar-refractivity contribution in [3.63, 3.8) is 0 Å². The molecule has 0 bridgehead atoms. The van der Waals surface area contributed by atoms with Gasteiger partial charge in [0.1, 0.15) is 0 Å². The number of ether oxygens (including phenoxy) is 1. The minimum atomic E-state index is -4.13. The largest absolute Gasteiger partial charge is 0.389 e. The lowest BCUT2D eigenvalue weighted by atomic mass is 10.0. The number of halogens is 3. The predicted octanol–water partition coefficient (Wildman–Crippen LogP) is 1.38. The van der Waals surface area contributed by atoms with Crippen molar-refractivity contribution < 1.29 is 17.9 Å². The molecular formula is C10H19F3N2O. The van der Waals surface area contributed by atoms with E-state index in [2.05, 4.69) is 4.90 Å². The number of morpholine rings is 1. The Morgan fingerprint density at radius 1 is 1.50 bits per heavy atom. The molecule has 1 rings (SSSR count). The zero-order chi connectivity index (χ0) is 12.2. The smallest absolute Gasteiger partial charge is 0.374 e. The maximum Gasteiger partial charge on any atom is 0.389 e. The number of nitrogens with zero attached hydrogens (tertiary/aromatic N) is 1. The number of rotatable bonds is 4. The van der Waals surface area contributed by atoms with Crippen molar-refractivity contribution in [1.29, 1.82) is 0 Å². The SMILES string of the molecule is CCN1CCOC(C(N)CCC(F)(F)F)C1. The van der Waals surface area contributed by atoms with Crippen LogP contribution in [0.1, 0.15) is 19.8 Å². The van der Waals surface area contributed by atoms with E-state index in [0.717, 1.165) is 13.1 Å². The first-order valence-corrected chi connectivity index (χ1v) is 5.58. The van der Waals surface area contributed by atoms with Gasteiger partial charge in [-0.3, -0.25) is 4.90 Å². The van der Waals surface area contributed by atoms with Crippen LogP contribution in [0.5, 0.6) is 0 Å². The van der Waals surface area contributed by atoms with Gasteiger partial charge in [0, 0.05) is 25.6 Å². The Labute approximate surface area is 93.7 Å². The minimum absolute atomic E-state index is 0.0638. The van der Waals surface area contributed by atoms with Gasteiger partial charge in [0.05, 0.1) is 12.7 Å². The molecule has 0 radical (unpaired) electrons. The fraction of sp³-hybridized carbons (Fsp3) is 1.00. The van der Waals surface area contributed by atoms with E-state index in [9.17, 15) is 13.2 Å². The maximum absolute atomic E-state index is 12.0. The molecule has 16 heavy (non-hydrogen) atoms. The van der Waals surface area contributed by atoms with Crippen molar-refractivity contribution >= 4 is 0 Å². The summed E-state index contributed by atoms with van der Waals surface area (Å²) < 4.78 is 41.5. The van der Waals surface area contributed by atoms with Crippen molar-refractivity contribution in [2.24, 2.45) is 5.73 Å². The van der Waals surface area contributed by atoms with Gasteiger partial charge >= 0.3 is 6.18 Å². The normalized spacial score (nSPS) is 25.7. The molecule has 1 aliphatic rings. The molecule has 6 heteroatoms. The predicted molar refractivity (Wildman–Crippen MR) is 55.1 cm³/mol. The van der Waals surface area contributed by atoms with Crippen LogP contribution >= 0.6 is 0 Å². The molecular weight excluding hydrogens is 221 g/mol. The summed E-state index contributed by atoms with van der Waals surface area (Å²) in [6.07, 6.45) is -5.29. The average molecular weight is 240 g/mol. The molecule has 1 heterocycles. The lowest BCUT2D eigenvalue weighted by Gasteiger charge is -2.35. The molecule has 1 aliphatic heterocycles. The third-order valence-electron chi connectivity index (χ3n) is 2.86. The summed E-state index contributed by atoms with van der Waals surface area (Å²) in [5, 5.41) is 0. The lowest BCUT2D eigenvalue weighted by Crippen LogP contribution is -2.50. The summed E-state index contributed by atoms with van der Waals surface area (Å²) >= 11 is 0. The molecule has 0 amide bonds. The van der Waals surface area contributed by atoms with Gasteiger partial charge in [-0.05, 0) is 13.0 Å². The van der Waals surface area contributed by atoms with Crippen LogP contribution in [0.4, 0.5) is 13.2 Å². The van der Waals surface area contributed by atoms with Crippen LogP contribution in [-0.4, -0.2) is 49.5 Å². The van der Waals surface area contributed by atoms with E-state index in [4.69, 9.17) is 10.5 Å². The van der Waals surface area contributed by atoms with Crippen LogP contribution in [0.3, 0.4) is 0 Å². The van der Waals surface area contributed by atoms with Crippen LogP contribution in [0.25, 0.3) is 0 Å². The van der Waals surface area contributed by atoms with Crippen molar-refractivity contribution in [1.82, 2.24) is 4.90 Å². The van der Waals surface area contributed by atoms with Crippen molar-refractivity contribution in [3.05, 3.63) is 0 Å². The molecule has 96 valence electrons. The van der Waals surface area contributed by atoms with Gasteiger partial charge in [-0.1, -0.05) is 6.92 Å². The molecule has 0 aliphatic carbocycles. The molecule has 1 fully saturated rings. The first-order chi connectivity index (χ1) is 7.42.